The molecule has 0 spiro atoms. The van der Waals surface area contributed by atoms with E-state index in [9.17, 15) is 9.36 Å². The van der Waals surface area contributed by atoms with Gasteiger partial charge < -0.3 is 5.32 Å². The van der Waals surface area contributed by atoms with E-state index in [1.165, 1.54) is 7.05 Å². The van der Waals surface area contributed by atoms with Crippen LogP contribution in [0.5, 0.6) is 0 Å². The molecule has 7 heavy (non-hydrogen) atoms. The number of carbonyl (C=O) groups is 1. The first-order valence-electron chi connectivity index (χ1n) is 1.81. The first-order valence-corrected chi connectivity index (χ1v) is 2.80. The quantitative estimate of drug-likeness (QED) is 0.521. The van der Waals surface area contributed by atoms with Crippen LogP contribution in [0.15, 0.2) is 0 Å². The summed E-state index contributed by atoms with van der Waals surface area (Å²) in [4.78, 5) is 10.1. The minimum absolute atomic E-state index is 0.0660. The molecule has 0 unspecified atom stereocenters. The molecule has 0 bridgehead atoms. The summed E-state index contributed by atoms with van der Waals surface area (Å²) < 4.78 is 9.61. The molecular weight excluding hydrogens is 113 g/mol. The third-order valence-electron chi connectivity index (χ3n) is 0.487. The fourth-order valence-electron chi connectivity index (χ4n) is 0.138. The maximum Gasteiger partial charge on any atom is 0.231 e. The Kier molecular flexibility index (Phi) is 3.52. The highest BCUT2D eigenvalue weighted by atomic mass is 31.1. The SMILES string of the molecule is CNC(=O)CP=O. The molecule has 0 aliphatic rings. The Labute approximate surface area is 43.3 Å². The van der Waals surface area contributed by atoms with Gasteiger partial charge in [0.05, 0.1) is 0 Å². The van der Waals surface area contributed by atoms with Crippen molar-refractivity contribution in [2.24, 2.45) is 0 Å². The topological polar surface area (TPSA) is 46.2 Å². The van der Waals surface area contributed by atoms with Gasteiger partial charge in [0, 0.05) is 7.05 Å². The Balaban J connectivity index is 3.17. The minimum Gasteiger partial charge on any atom is -0.359 e. The summed E-state index contributed by atoms with van der Waals surface area (Å²) in [5.41, 5.74) is 0. The average Bonchev–Trinajstić information content (AvgIpc) is 1.68. The number of carbonyl (C=O) groups excluding carboxylic acids is 1. The van der Waals surface area contributed by atoms with Gasteiger partial charge >= 0.3 is 0 Å². The molecule has 0 atom stereocenters. The minimum atomic E-state index is -0.198. The van der Waals surface area contributed by atoms with Crippen molar-refractivity contribution < 1.29 is 9.36 Å². The second-order valence-corrected chi connectivity index (χ2v) is 1.53. The third kappa shape index (κ3) is 3.40. The van der Waals surface area contributed by atoms with Crippen molar-refractivity contribution >= 4 is 14.4 Å². The van der Waals surface area contributed by atoms with Gasteiger partial charge in [-0.15, -0.1) is 0 Å². The standard InChI is InChI=1S/C3H6NO2P/c1-4-3(5)2-7-6/h2H2,1H3,(H,4,5). The lowest BCUT2D eigenvalue weighted by Gasteiger charge is -1.85. The average molecular weight is 119 g/mol. The number of hydrogen-bond donors (Lipinski definition) is 1. The number of hydrogen-bond acceptors (Lipinski definition) is 2. The summed E-state index contributed by atoms with van der Waals surface area (Å²) in [7, 11) is 1.39. The second kappa shape index (κ2) is 3.75. The summed E-state index contributed by atoms with van der Waals surface area (Å²) in [6.45, 7) is 0. The molecule has 40 valence electrons. The van der Waals surface area contributed by atoms with Crippen molar-refractivity contribution in [3.05, 3.63) is 0 Å². The van der Waals surface area contributed by atoms with Crippen molar-refractivity contribution in [1.82, 2.24) is 5.32 Å². The monoisotopic (exact) mass is 119 g/mol. The third-order valence-corrected chi connectivity index (χ3v) is 0.903. The molecule has 0 fully saturated rings. The maximum atomic E-state index is 10.1. The van der Waals surface area contributed by atoms with Crippen LogP contribution in [-0.2, 0) is 9.36 Å². The lowest BCUT2D eigenvalue weighted by Crippen LogP contribution is -2.18. The molecule has 0 aliphatic heterocycles. The molecule has 0 aromatic heterocycles. The Morgan fingerprint density at radius 2 is 2.43 bits per heavy atom. The number of amides is 1. The molecule has 0 heterocycles. The molecule has 1 N–H and O–H groups in total. The first-order chi connectivity index (χ1) is 3.31. The summed E-state index contributed by atoms with van der Waals surface area (Å²) in [6.07, 6.45) is 0.0660. The van der Waals surface area contributed by atoms with Gasteiger partial charge in [0.15, 0.2) is 8.46 Å². The van der Waals surface area contributed by atoms with Crippen molar-refractivity contribution in [3.8, 4) is 0 Å². The van der Waals surface area contributed by atoms with Crippen LogP contribution in [0.1, 0.15) is 0 Å². The van der Waals surface area contributed by atoms with Gasteiger partial charge in [-0.3, -0.25) is 9.36 Å². The van der Waals surface area contributed by atoms with Crippen molar-refractivity contribution in [2.45, 2.75) is 0 Å². The van der Waals surface area contributed by atoms with E-state index < -0.39 is 0 Å². The molecule has 0 rings (SSSR count). The van der Waals surface area contributed by atoms with Crippen LogP contribution in [-0.4, -0.2) is 19.1 Å². The zero-order valence-corrected chi connectivity index (χ0v) is 4.87. The Morgan fingerprint density at radius 1 is 1.86 bits per heavy atom. The predicted octanol–water partition coefficient (Wildman–Crippen LogP) is 0.0241. The van der Waals surface area contributed by atoms with Gasteiger partial charge in [-0.1, -0.05) is 0 Å². The van der Waals surface area contributed by atoms with E-state index in [1.807, 2.05) is 0 Å². The maximum absolute atomic E-state index is 10.1. The predicted molar refractivity (Wildman–Crippen MR) is 26.5 cm³/mol. The molecule has 4 heteroatoms. The molecule has 3 nitrogen and oxygen atoms in total. The molecule has 1 amide bonds. The van der Waals surface area contributed by atoms with Crippen LogP contribution >= 0.6 is 8.46 Å². The summed E-state index contributed by atoms with van der Waals surface area (Å²) >= 11 is 0. The fourth-order valence-corrected chi connectivity index (χ4v) is 0.413. The fraction of sp³-hybridized carbons (Fsp3) is 0.667. The summed E-state index contributed by atoms with van der Waals surface area (Å²) in [5.74, 6) is -0.198. The smallest absolute Gasteiger partial charge is 0.231 e. The van der Waals surface area contributed by atoms with E-state index in [1.54, 1.807) is 0 Å². The molecule has 0 saturated carbocycles. The van der Waals surface area contributed by atoms with Gasteiger partial charge in [-0.05, 0) is 0 Å². The number of rotatable bonds is 2. The zero-order chi connectivity index (χ0) is 5.70. The Hall–Kier alpha value is -0.430. The lowest BCUT2D eigenvalue weighted by atomic mass is 10.7. The molecule has 0 aliphatic carbocycles. The van der Waals surface area contributed by atoms with Crippen LogP contribution in [0, 0.1) is 0 Å². The van der Waals surface area contributed by atoms with E-state index in [0.29, 0.717) is 0 Å². The van der Waals surface area contributed by atoms with Crippen LogP contribution in [0.25, 0.3) is 0 Å². The van der Waals surface area contributed by atoms with Gasteiger partial charge in [0.2, 0.25) is 5.91 Å². The van der Waals surface area contributed by atoms with Gasteiger partial charge in [-0.25, -0.2) is 0 Å². The molecule has 0 radical (unpaired) electrons. The number of nitrogens with one attached hydrogen (secondary N) is 1. The van der Waals surface area contributed by atoms with Crippen LogP contribution < -0.4 is 5.32 Å². The Morgan fingerprint density at radius 3 is 2.57 bits per heavy atom. The normalized spacial score (nSPS) is 8.71. The van der Waals surface area contributed by atoms with Crippen molar-refractivity contribution in [1.29, 1.82) is 0 Å². The molecular formula is C3H6NO2P. The highest BCUT2D eigenvalue weighted by Gasteiger charge is 1.91. The van der Waals surface area contributed by atoms with Crippen LogP contribution in [0.3, 0.4) is 0 Å². The van der Waals surface area contributed by atoms with E-state index in [4.69, 9.17) is 0 Å². The van der Waals surface area contributed by atoms with Gasteiger partial charge in [0.1, 0.15) is 6.16 Å². The van der Waals surface area contributed by atoms with Crippen LogP contribution in [0.2, 0.25) is 0 Å². The zero-order valence-electron chi connectivity index (χ0n) is 3.97. The highest BCUT2D eigenvalue weighted by molar-refractivity contribution is 7.25. The van der Waals surface area contributed by atoms with Gasteiger partial charge in [0.25, 0.3) is 0 Å². The van der Waals surface area contributed by atoms with Gasteiger partial charge in [-0.2, -0.15) is 0 Å². The Bertz CT molecular complexity index is 83.0. The summed E-state index contributed by atoms with van der Waals surface area (Å²) in [5, 5.41) is 2.32. The molecule has 0 aromatic carbocycles. The van der Waals surface area contributed by atoms with Crippen molar-refractivity contribution in [2.75, 3.05) is 13.2 Å². The largest absolute Gasteiger partial charge is 0.359 e. The second-order valence-electron chi connectivity index (χ2n) is 0.960. The van der Waals surface area contributed by atoms with Crippen LogP contribution in [0.4, 0.5) is 0 Å². The lowest BCUT2D eigenvalue weighted by molar-refractivity contribution is -0.118. The molecule has 0 saturated heterocycles. The molecule has 0 aromatic rings. The first kappa shape index (κ1) is 6.57. The highest BCUT2D eigenvalue weighted by Crippen LogP contribution is 1.86. The van der Waals surface area contributed by atoms with Crippen molar-refractivity contribution in [3.63, 3.8) is 0 Å². The van der Waals surface area contributed by atoms with E-state index in [-0.39, 0.29) is 20.5 Å². The van der Waals surface area contributed by atoms with E-state index in [2.05, 4.69) is 5.32 Å². The van der Waals surface area contributed by atoms with E-state index in [0.717, 1.165) is 0 Å². The summed E-state index contributed by atoms with van der Waals surface area (Å²) in [6, 6.07) is 0. The van der Waals surface area contributed by atoms with E-state index >= 15 is 0 Å².